The molecule has 6 nitrogen and oxygen atoms in total. The van der Waals surface area contributed by atoms with Crippen LogP contribution in [0.2, 0.25) is 0 Å². The number of ketones is 1. The predicted octanol–water partition coefficient (Wildman–Crippen LogP) is 3.85. The Hall–Kier alpha value is -3.28. The Balaban J connectivity index is 1.81. The quantitative estimate of drug-likeness (QED) is 0.447. The highest BCUT2D eigenvalue weighted by molar-refractivity contribution is 6.46. The fourth-order valence-corrected chi connectivity index (χ4v) is 4.10. The van der Waals surface area contributed by atoms with E-state index in [2.05, 4.69) is 0 Å². The number of nitrogens with zero attached hydrogens (tertiary/aromatic N) is 1. The molecule has 2 heterocycles. The minimum Gasteiger partial charge on any atom is -0.507 e. The molecule has 2 aliphatic heterocycles. The van der Waals surface area contributed by atoms with E-state index in [0.29, 0.717) is 37.5 Å². The molecule has 0 bridgehead atoms. The number of fused-ring (bicyclic) bond motifs is 1. The molecular weight excluding hydrogens is 382 g/mol. The summed E-state index contributed by atoms with van der Waals surface area (Å²) < 4.78 is 11.0. The number of carbonyl (C=O) groups is 2. The topological polar surface area (TPSA) is 76.1 Å². The van der Waals surface area contributed by atoms with Gasteiger partial charge in [0, 0.05) is 18.5 Å². The number of carbonyl (C=O) groups excluding carboxylic acids is 2. The van der Waals surface area contributed by atoms with Gasteiger partial charge in [-0.2, -0.15) is 0 Å². The highest BCUT2D eigenvalue weighted by atomic mass is 16.5. The molecule has 0 aromatic heterocycles. The van der Waals surface area contributed by atoms with E-state index in [0.717, 1.165) is 23.3 Å². The average Bonchev–Trinajstić information content (AvgIpc) is 3.32. The Morgan fingerprint density at radius 2 is 1.93 bits per heavy atom. The van der Waals surface area contributed by atoms with Crippen molar-refractivity contribution in [1.29, 1.82) is 0 Å². The predicted molar refractivity (Wildman–Crippen MR) is 113 cm³/mol. The Morgan fingerprint density at radius 1 is 1.17 bits per heavy atom. The normalized spacial score (nSPS) is 19.7. The van der Waals surface area contributed by atoms with Crippen LogP contribution in [-0.2, 0) is 16.0 Å². The van der Waals surface area contributed by atoms with Crippen LogP contribution in [0.25, 0.3) is 5.76 Å². The molecule has 1 fully saturated rings. The van der Waals surface area contributed by atoms with E-state index in [1.807, 2.05) is 44.2 Å². The van der Waals surface area contributed by atoms with Crippen LogP contribution < -0.4 is 9.47 Å². The van der Waals surface area contributed by atoms with Gasteiger partial charge in [0.15, 0.2) is 0 Å². The molecule has 1 atom stereocenters. The van der Waals surface area contributed by atoms with Crippen molar-refractivity contribution in [2.75, 3.05) is 19.8 Å². The first kappa shape index (κ1) is 20.0. The van der Waals surface area contributed by atoms with Crippen LogP contribution in [0.15, 0.2) is 48.0 Å². The molecular formula is C24H25NO5. The lowest BCUT2D eigenvalue weighted by Crippen LogP contribution is -2.30. The van der Waals surface area contributed by atoms with Gasteiger partial charge in [-0.3, -0.25) is 9.59 Å². The number of rotatable bonds is 6. The number of ether oxygens (including phenoxy) is 2. The highest BCUT2D eigenvalue weighted by Crippen LogP contribution is 2.40. The third-order valence-electron chi connectivity index (χ3n) is 5.47. The van der Waals surface area contributed by atoms with Gasteiger partial charge < -0.3 is 19.5 Å². The second kappa shape index (κ2) is 8.22. The maximum absolute atomic E-state index is 12.9. The molecule has 156 valence electrons. The molecule has 30 heavy (non-hydrogen) atoms. The van der Waals surface area contributed by atoms with Crippen molar-refractivity contribution in [3.8, 4) is 11.5 Å². The lowest BCUT2D eigenvalue weighted by atomic mass is 9.94. The molecule has 2 aromatic carbocycles. The van der Waals surface area contributed by atoms with Crippen molar-refractivity contribution in [2.45, 2.75) is 32.7 Å². The standard InChI is InChI=1S/C24H25NO5/c1-3-12-25-21(15-5-8-18(9-6-15)29-4-2)20(23(27)24(25)28)22(26)17-7-10-19-16(14-17)11-13-30-19/h5-10,14,21,26H,3-4,11-13H2,1-2H3/b22-20-. The lowest BCUT2D eigenvalue weighted by molar-refractivity contribution is -0.139. The van der Waals surface area contributed by atoms with E-state index >= 15 is 0 Å². The first-order valence-electron chi connectivity index (χ1n) is 10.3. The molecule has 0 aliphatic carbocycles. The van der Waals surface area contributed by atoms with Crippen molar-refractivity contribution >= 4 is 17.4 Å². The zero-order valence-corrected chi connectivity index (χ0v) is 17.2. The Labute approximate surface area is 175 Å². The molecule has 1 unspecified atom stereocenters. The number of amides is 1. The number of benzene rings is 2. The third kappa shape index (κ3) is 3.43. The monoisotopic (exact) mass is 407 g/mol. The van der Waals surface area contributed by atoms with Crippen LogP contribution in [0.4, 0.5) is 0 Å². The Bertz CT molecular complexity index is 1010. The number of hydrogen-bond acceptors (Lipinski definition) is 5. The lowest BCUT2D eigenvalue weighted by Gasteiger charge is -2.25. The summed E-state index contributed by atoms with van der Waals surface area (Å²) in [4.78, 5) is 27.2. The van der Waals surface area contributed by atoms with Gasteiger partial charge in [0.05, 0.1) is 24.8 Å². The van der Waals surface area contributed by atoms with Gasteiger partial charge in [-0.25, -0.2) is 0 Å². The molecule has 2 aliphatic rings. The molecule has 6 heteroatoms. The smallest absolute Gasteiger partial charge is 0.295 e. The van der Waals surface area contributed by atoms with Gasteiger partial charge >= 0.3 is 0 Å². The van der Waals surface area contributed by atoms with Crippen LogP contribution in [0.1, 0.15) is 43.0 Å². The third-order valence-corrected chi connectivity index (χ3v) is 5.47. The van der Waals surface area contributed by atoms with E-state index in [1.54, 1.807) is 17.0 Å². The summed E-state index contributed by atoms with van der Waals surface area (Å²) in [6.45, 7) is 5.44. The van der Waals surface area contributed by atoms with Crippen LogP contribution in [0.5, 0.6) is 11.5 Å². The molecule has 0 radical (unpaired) electrons. The van der Waals surface area contributed by atoms with Crippen molar-refractivity contribution < 1.29 is 24.2 Å². The van der Waals surface area contributed by atoms with E-state index < -0.39 is 17.7 Å². The molecule has 0 spiro atoms. The van der Waals surface area contributed by atoms with Crippen LogP contribution in [-0.4, -0.2) is 41.5 Å². The maximum atomic E-state index is 12.9. The summed E-state index contributed by atoms with van der Waals surface area (Å²) in [6, 6.07) is 12.0. The number of likely N-dealkylation sites (tertiary alicyclic amines) is 1. The molecule has 2 aromatic rings. The van der Waals surface area contributed by atoms with Gasteiger partial charge in [-0.1, -0.05) is 19.1 Å². The molecule has 4 rings (SSSR count). The summed E-state index contributed by atoms with van der Waals surface area (Å²) in [5.41, 5.74) is 2.39. The summed E-state index contributed by atoms with van der Waals surface area (Å²) in [5, 5.41) is 11.1. The maximum Gasteiger partial charge on any atom is 0.295 e. The molecule has 1 amide bonds. The van der Waals surface area contributed by atoms with E-state index in [1.165, 1.54) is 0 Å². The number of Topliss-reactive ketones (excluding diaryl/α,β-unsaturated/α-hetero) is 1. The molecule has 0 saturated carbocycles. The van der Waals surface area contributed by atoms with Crippen molar-refractivity contribution in [3.63, 3.8) is 0 Å². The summed E-state index contributed by atoms with van der Waals surface area (Å²) in [6.07, 6.45) is 1.46. The van der Waals surface area contributed by atoms with E-state index in [4.69, 9.17) is 9.47 Å². The zero-order chi connectivity index (χ0) is 21.3. The Morgan fingerprint density at radius 3 is 2.63 bits per heavy atom. The number of hydrogen-bond donors (Lipinski definition) is 1. The van der Waals surface area contributed by atoms with E-state index in [9.17, 15) is 14.7 Å². The van der Waals surface area contributed by atoms with Crippen LogP contribution in [0, 0.1) is 0 Å². The van der Waals surface area contributed by atoms with Gasteiger partial charge in [0.1, 0.15) is 17.3 Å². The highest BCUT2D eigenvalue weighted by Gasteiger charge is 2.45. The zero-order valence-electron chi connectivity index (χ0n) is 17.2. The first-order valence-corrected chi connectivity index (χ1v) is 10.3. The fourth-order valence-electron chi connectivity index (χ4n) is 4.10. The molecule has 1 N–H and O–H groups in total. The number of aliphatic hydroxyl groups excluding tert-OH is 1. The van der Waals surface area contributed by atoms with Crippen molar-refractivity contribution in [2.24, 2.45) is 0 Å². The van der Waals surface area contributed by atoms with Gasteiger partial charge in [-0.15, -0.1) is 0 Å². The minimum absolute atomic E-state index is 0.122. The summed E-state index contributed by atoms with van der Waals surface area (Å²) in [7, 11) is 0. The second-order valence-corrected chi connectivity index (χ2v) is 7.42. The van der Waals surface area contributed by atoms with Gasteiger partial charge in [0.25, 0.3) is 11.7 Å². The minimum atomic E-state index is -0.656. The summed E-state index contributed by atoms with van der Waals surface area (Å²) in [5.74, 6) is 0.118. The average molecular weight is 407 g/mol. The van der Waals surface area contributed by atoms with Crippen molar-refractivity contribution in [1.82, 2.24) is 4.90 Å². The SMILES string of the molecule is CCCN1C(=O)C(=O)/C(=C(\O)c2ccc3c(c2)CCO3)C1c1ccc(OCC)cc1. The largest absolute Gasteiger partial charge is 0.507 e. The first-order chi connectivity index (χ1) is 14.5. The fraction of sp³-hybridized carbons (Fsp3) is 0.333. The summed E-state index contributed by atoms with van der Waals surface area (Å²) >= 11 is 0. The van der Waals surface area contributed by atoms with Crippen molar-refractivity contribution in [3.05, 3.63) is 64.7 Å². The second-order valence-electron chi connectivity index (χ2n) is 7.42. The van der Waals surface area contributed by atoms with Gasteiger partial charge in [0.2, 0.25) is 0 Å². The molecule has 1 saturated heterocycles. The van der Waals surface area contributed by atoms with Crippen LogP contribution in [0.3, 0.4) is 0 Å². The van der Waals surface area contributed by atoms with Crippen LogP contribution >= 0.6 is 0 Å². The number of aliphatic hydroxyl groups is 1. The van der Waals surface area contributed by atoms with E-state index in [-0.39, 0.29) is 11.3 Å². The Kier molecular flexibility index (Phi) is 5.48. The van der Waals surface area contributed by atoms with Gasteiger partial charge in [-0.05, 0) is 54.8 Å².